The van der Waals surface area contributed by atoms with E-state index in [0.717, 1.165) is 24.0 Å². The van der Waals surface area contributed by atoms with E-state index < -0.39 is 0 Å². The first-order valence-corrected chi connectivity index (χ1v) is 6.67. The van der Waals surface area contributed by atoms with Crippen LogP contribution in [0.2, 0.25) is 5.02 Å². The number of carbonyl (C=O) groups excluding carboxylic acids is 1. The number of hydrogen-bond donors (Lipinski definition) is 0. The minimum absolute atomic E-state index is 0.0127. The predicted molar refractivity (Wildman–Crippen MR) is 70.5 cm³/mol. The first-order valence-electron chi connectivity index (χ1n) is 5.50. The summed E-state index contributed by atoms with van der Waals surface area (Å²) in [5.74, 6) is 0.0127. The van der Waals surface area contributed by atoms with Crippen LogP contribution in [0.25, 0.3) is 0 Å². The van der Waals surface area contributed by atoms with Crippen molar-refractivity contribution < 1.29 is 9.53 Å². The molecular weight excluding hydrogens is 305 g/mol. The zero-order valence-corrected chi connectivity index (χ0v) is 11.6. The summed E-state index contributed by atoms with van der Waals surface area (Å²) in [6, 6.07) is 5.25. The van der Waals surface area contributed by atoms with Crippen LogP contribution < -0.4 is 0 Å². The minimum atomic E-state index is 0.0127. The summed E-state index contributed by atoms with van der Waals surface area (Å²) in [6.45, 7) is 2.71. The monoisotopic (exact) mass is 317 g/mol. The lowest BCUT2D eigenvalue weighted by Gasteiger charge is -2.19. The topological polar surface area (TPSA) is 29.5 Å². The number of nitrogens with zero attached hydrogens (tertiary/aromatic N) is 1. The Hall–Kier alpha value is -0.580. The zero-order chi connectivity index (χ0) is 12.3. The summed E-state index contributed by atoms with van der Waals surface area (Å²) >= 11 is 9.28. The summed E-state index contributed by atoms with van der Waals surface area (Å²) in [6.07, 6.45) is 0.882. The van der Waals surface area contributed by atoms with Crippen molar-refractivity contribution in [3.8, 4) is 0 Å². The van der Waals surface area contributed by atoms with Crippen LogP contribution in [0.1, 0.15) is 16.8 Å². The maximum Gasteiger partial charge on any atom is 0.254 e. The molecular formula is C12H13BrClNO2. The number of amides is 1. The highest BCUT2D eigenvalue weighted by molar-refractivity contribution is 9.10. The molecule has 1 heterocycles. The molecule has 2 rings (SSSR count). The maximum atomic E-state index is 12.2. The van der Waals surface area contributed by atoms with E-state index in [1.54, 1.807) is 18.2 Å². The van der Waals surface area contributed by atoms with Gasteiger partial charge in [-0.1, -0.05) is 27.5 Å². The van der Waals surface area contributed by atoms with Gasteiger partial charge in [0, 0.05) is 34.8 Å². The standard InChI is InChI=1S/C12H13BrClNO2/c13-10-6-9(7-11(14)8-10)12(16)15-2-1-4-17-5-3-15/h6-8H,1-5H2. The third-order valence-corrected chi connectivity index (χ3v) is 3.30. The maximum absolute atomic E-state index is 12.2. The van der Waals surface area contributed by atoms with Crippen LogP contribution in [0.4, 0.5) is 0 Å². The molecule has 17 heavy (non-hydrogen) atoms. The zero-order valence-electron chi connectivity index (χ0n) is 9.29. The van der Waals surface area contributed by atoms with Crippen molar-refractivity contribution in [1.29, 1.82) is 0 Å². The van der Waals surface area contributed by atoms with E-state index in [9.17, 15) is 4.79 Å². The van der Waals surface area contributed by atoms with Crippen LogP contribution in [-0.2, 0) is 4.74 Å². The summed E-state index contributed by atoms with van der Waals surface area (Å²) in [5, 5.41) is 0.564. The Balaban J connectivity index is 2.17. The highest BCUT2D eigenvalue weighted by Gasteiger charge is 2.18. The lowest BCUT2D eigenvalue weighted by atomic mass is 10.2. The van der Waals surface area contributed by atoms with Gasteiger partial charge in [0.1, 0.15) is 0 Å². The van der Waals surface area contributed by atoms with Gasteiger partial charge in [-0.15, -0.1) is 0 Å². The molecule has 0 N–H and O–H groups in total. The lowest BCUT2D eigenvalue weighted by molar-refractivity contribution is 0.0741. The molecule has 0 aromatic heterocycles. The van der Waals surface area contributed by atoms with Gasteiger partial charge in [0.25, 0.3) is 5.91 Å². The Labute approximate surface area is 114 Å². The average Bonchev–Trinajstić information content (AvgIpc) is 2.55. The summed E-state index contributed by atoms with van der Waals surface area (Å²) < 4.78 is 6.15. The van der Waals surface area contributed by atoms with Crippen molar-refractivity contribution in [3.05, 3.63) is 33.3 Å². The number of rotatable bonds is 1. The van der Waals surface area contributed by atoms with Crippen LogP contribution in [-0.4, -0.2) is 37.1 Å². The van der Waals surface area contributed by atoms with Crippen LogP contribution in [0.15, 0.2) is 22.7 Å². The van der Waals surface area contributed by atoms with Crippen LogP contribution in [0.5, 0.6) is 0 Å². The summed E-state index contributed by atoms with van der Waals surface area (Å²) in [5.41, 5.74) is 0.617. The van der Waals surface area contributed by atoms with E-state index in [-0.39, 0.29) is 5.91 Å². The molecule has 0 bridgehead atoms. The van der Waals surface area contributed by atoms with Gasteiger partial charge < -0.3 is 9.64 Å². The van der Waals surface area contributed by atoms with Gasteiger partial charge >= 0.3 is 0 Å². The Morgan fingerprint density at radius 3 is 2.88 bits per heavy atom. The Morgan fingerprint density at radius 1 is 1.29 bits per heavy atom. The van der Waals surface area contributed by atoms with Gasteiger partial charge in [0.2, 0.25) is 0 Å². The van der Waals surface area contributed by atoms with Crippen molar-refractivity contribution in [1.82, 2.24) is 4.90 Å². The average molecular weight is 319 g/mol. The molecule has 1 aromatic rings. The van der Waals surface area contributed by atoms with Crippen molar-refractivity contribution in [2.45, 2.75) is 6.42 Å². The predicted octanol–water partition coefficient (Wildman–Crippen LogP) is 2.97. The third-order valence-electron chi connectivity index (χ3n) is 2.62. The van der Waals surface area contributed by atoms with Crippen molar-refractivity contribution >= 4 is 33.4 Å². The van der Waals surface area contributed by atoms with Crippen molar-refractivity contribution in [2.24, 2.45) is 0 Å². The van der Waals surface area contributed by atoms with E-state index in [1.165, 1.54) is 0 Å². The van der Waals surface area contributed by atoms with Crippen LogP contribution in [0.3, 0.4) is 0 Å². The highest BCUT2D eigenvalue weighted by Crippen LogP contribution is 2.21. The van der Waals surface area contributed by atoms with E-state index in [1.807, 2.05) is 4.90 Å². The lowest BCUT2D eigenvalue weighted by Crippen LogP contribution is -2.33. The molecule has 92 valence electrons. The summed E-state index contributed by atoms with van der Waals surface area (Å²) in [7, 11) is 0. The van der Waals surface area contributed by atoms with Gasteiger partial charge in [-0.05, 0) is 24.6 Å². The fourth-order valence-corrected chi connectivity index (χ4v) is 2.67. The first kappa shape index (κ1) is 12.9. The number of carbonyl (C=O) groups is 1. The molecule has 5 heteroatoms. The van der Waals surface area contributed by atoms with Gasteiger partial charge in [0.15, 0.2) is 0 Å². The smallest absolute Gasteiger partial charge is 0.254 e. The van der Waals surface area contributed by atoms with E-state index in [2.05, 4.69) is 15.9 Å². The summed E-state index contributed by atoms with van der Waals surface area (Å²) in [4.78, 5) is 14.1. The van der Waals surface area contributed by atoms with Gasteiger partial charge in [-0.25, -0.2) is 0 Å². The molecule has 1 amide bonds. The van der Waals surface area contributed by atoms with Crippen molar-refractivity contribution in [3.63, 3.8) is 0 Å². The number of ether oxygens (including phenoxy) is 1. The van der Waals surface area contributed by atoms with E-state index in [0.29, 0.717) is 23.7 Å². The third kappa shape index (κ3) is 3.44. The molecule has 1 aromatic carbocycles. The Bertz CT molecular complexity index is 397. The largest absolute Gasteiger partial charge is 0.380 e. The second-order valence-electron chi connectivity index (χ2n) is 3.92. The fourth-order valence-electron chi connectivity index (χ4n) is 1.81. The van der Waals surface area contributed by atoms with Gasteiger partial charge in [0.05, 0.1) is 6.61 Å². The molecule has 3 nitrogen and oxygen atoms in total. The normalized spacial score (nSPS) is 16.7. The second-order valence-corrected chi connectivity index (χ2v) is 5.27. The highest BCUT2D eigenvalue weighted by atomic mass is 79.9. The molecule has 0 spiro atoms. The first-order chi connectivity index (χ1) is 8.16. The van der Waals surface area contributed by atoms with Gasteiger partial charge in [-0.2, -0.15) is 0 Å². The molecule has 0 unspecified atom stereocenters. The number of halogens is 2. The minimum Gasteiger partial charge on any atom is -0.380 e. The SMILES string of the molecule is O=C(c1cc(Cl)cc(Br)c1)N1CCCOCC1. The molecule has 1 aliphatic heterocycles. The second kappa shape index (κ2) is 5.85. The van der Waals surface area contributed by atoms with E-state index in [4.69, 9.17) is 16.3 Å². The Morgan fingerprint density at radius 2 is 2.12 bits per heavy atom. The molecule has 0 atom stereocenters. The molecule has 0 aliphatic carbocycles. The van der Waals surface area contributed by atoms with E-state index >= 15 is 0 Å². The molecule has 1 fully saturated rings. The van der Waals surface area contributed by atoms with Crippen molar-refractivity contribution in [2.75, 3.05) is 26.3 Å². The quantitative estimate of drug-likeness (QED) is 0.797. The molecule has 1 saturated heterocycles. The number of benzene rings is 1. The molecule has 1 aliphatic rings. The fraction of sp³-hybridized carbons (Fsp3) is 0.417. The Kier molecular flexibility index (Phi) is 4.42. The molecule has 0 saturated carbocycles. The van der Waals surface area contributed by atoms with Crippen LogP contribution >= 0.6 is 27.5 Å². The van der Waals surface area contributed by atoms with Crippen LogP contribution in [0, 0.1) is 0 Å². The molecule has 0 radical (unpaired) electrons. The number of hydrogen-bond acceptors (Lipinski definition) is 2. The van der Waals surface area contributed by atoms with Gasteiger partial charge in [-0.3, -0.25) is 4.79 Å².